The molecule has 2 aromatic carbocycles. The Labute approximate surface area is 173 Å². The lowest BCUT2D eigenvalue weighted by Crippen LogP contribution is -2.28. The maximum Gasteiger partial charge on any atom is 0.284 e. The highest BCUT2D eigenvalue weighted by atomic mass is 16.2. The lowest BCUT2D eigenvalue weighted by Gasteiger charge is -2.13. The molecule has 0 fully saturated rings. The van der Waals surface area contributed by atoms with Gasteiger partial charge in [0.1, 0.15) is 12.9 Å². The van der Waals surface area contributed by atoms with Gasteiger partial charge in [0.15, 0.2) is 11.2 Å². The minimum atomic E-state index is -0.411. The molecule has 2 aromatic heterocycles. The molecule has 0 aliphatic carbocycles. The molecule has 2 heterocycles. The van der Waals surface area contributed by atoms with Crippen molar-refractivity contribution in [3.05, 3.63) is 75.3 Å². The summed E-state index contributed by atoms with van der Waals surface area (Å²) in [5.74, 6) is -0.306. The first-order valence-electron chi connectivity index (χ1n) is 9.59. The molecule has 4 aromatic rings. The number of amides is 1. The van der Waals surface area contributed by atoms with Crippen molar-refractivity contribution in [2.75, 3.05) is 5.32 Å². The molecule has 152 valence electrons. The van der Waals surface area contributed by atoms with Crippen molar-refractivity contribution in [1.29, 1.82) is 0 Å². The summed E-state index contributed by atoms with van der Waals surface area (Å²) in [6.45, 7) is 7.71. The Kier molecular flexibility index (Phi) is 4.91. The predicted molar refractivity (Wildman–Crippen MR) is 115 cm³/mol. The quantitative estimate of drug-likeness (QED) is 0.566. The maximum atomic E-state index is 12.8. The third-order valence-electron chi connectivity index (χ3n) is 4.93. The van der Waals surface area contributed by atoms with Gasteiger partial charge in [-0.3, -0.25) is 14.2 Å². The summed E-state index contributed by atoms with van der Waals surface area (Å²) in [4.78, 5) is 29.8. The maximum absolute atomic E-state index is 12.8. The van der Waals surface area contributed by atoms with Crippen molar-refractivity contribution in [3.8, 4) is 5.69 Å². The molecule has 0 aliphatic heterocycles. The molecule has 0 bridgehead atoms. The van der Waals surface area contributed by atoms with Crippen molar-refractivity contribution in [2.45, 2.75) is 34.2 Å². The SMILES string of the molecule is Cc1cccc(-n2nnc3c(=O)n(CC(=O)Nc4c(C)cc(C)cc4C)cnc32)c1. The van der Waals surface area contributed by atoms with Crippen molar-refractivity contribution in [3.63, 3.8) is 0 Å². The van der Waals surface area contributed by atoms with Gasteiger partial charge in [0.25, 0.3) is 5.56 Å². The first kappa shape index (κ1) is 19.5. The molecule has 0 aliphatic rings. The van der Waals surface area contributed by atoms with Gasteiger partial charge in [0.2, 0.25) is 5.91 Å². The van der Waals surface area contributed by atoms with Gasteiger partial charge in [-0.05, 0) is 56.5 Å². The van der Waals surface area contributed by atoms with Crippen LogP contribution in [0.2, 0.25) is 0 Å². The molecular formula is C22H22N6O2. The molecule has 0 saturated carbocycles. The number of aromatic nitrogens is 5. The number of fused-ring (bicyclic) bond motifs is 1. The lowest BCUT2D eigenvalue weighted by molar-refractivity contribution is -0.116. The fourth-order valence-electron chi connectivity index (χ4n) is 3.60. The monoisotopic (exact) mass is 402 g/mol. The number of benzene rings is 2. The molecule has 1 amide bonds. The van der Waals surface area contributed by atoms with Gasteiger partial charge in [-0.25, -0.2) is 4.98 Å². The van der Waals surface area contributed by atoms with Gasteiger partial charge in [-0.15, -0.1) is 5.10 Å². The van der Waals surface area contributed by atoms with Crippen molar-refractivity contribution >= 4 is 22.8 Å². The summed E-state index contributed by atoms with van der Waals surface area (Å²) in [5, 5.41) is 11.0. The zero-order valence-corrected chi connectivity index (χ0v) is 17.3. The van der Waals surface area contributed by atoms with Gasteiger partial charge in [-0.1, -0.05) is 35.0 Å². The second-order valence-corrected chi connectivity index (χ2v) is 7.51. The van der Waals surface area contributed by atoms with E-state index >= 15 is 0 Å². The van der Waals surface area contributed by atoms with Crippen LogP contribution in [0, 0.1) is 27.7 Å². The number of hydrogen-bond acceptors (Lipinski definition) is 5. The molecular weight excluding hydrogens is 380 g/mol. The summed E-state index contributed by atoms with van der Waals surface area (Å²) >= 11 is 0. The Bertz CT molecular complexity index is 1310. The minimum absolute atomic E-state index is 0.120. The average molecular weight is 402 g/mol. The second-order valence-electron chi connectivity index (χ2n) is 7.51. The zero-order valence-electron chi connectivity index (χ0n) is 17.3. The third-order valence-corrected chi connectivity index (χ3v) is 4.93. The molecule has 0 unspecified atom stereocenters. The van der Waals surface area contributed by atoms with Crippen LogP contribution in [0.4, 0.5) is 5.69 Å². The second kappa shape index (κ2) is 7.55. The van der Waals surface area contributed by atoms with Crippen LogP contribution in [-0.2, 0) is 11.3 Å². The molecule has 30 heavy (non-hydrogen) atoms. The highest BCUT2D eigenvalue weighted by molar-refractivity contribution is 5.92. The number of nitrogens with one attached hydrogen (secondary N) is 1. The van der Waals surface area contributed by atoms with Crippen LogP contribution in [0.15, 0.2) is 47.5 Å². The number of rotatable bonds is 4. The minimum Gasteiger partial charge on any atom is -0.324 e. The third kappa shape index (κ3) is 3.59. The normalized spacial score (nSPS) is 11.1. The van der Waals surface area contributed by atoms with E-state index in [1.807, 2.05) is 64.1 Å². The number of carbonyl (C=O) groups excluding carboxylic acids is 1. The summed E-state index contributed by atoms with van der Waals surface area (Å²) < 4.78 is 2.76. The van der Waals surface area contributed by atoms with E-state index < -0.39 is 5.56 Å². The Morgan fingerprint density at radius 3 is 2.47 bits per heavy atom. The topological polar surface area (TPSA) is 94.7 Å². The summed E-state index contributed by atoms with van der Waals surface area (Å²) in [5.41, 5.74) is 5.73. The van der Waals surface area contributed by atoms with Crippen LogP contribution in [0.25, 0.3) is 16.9 Å². The highest BCUT2D eigenvalue weighted by Crippen LogP contribution is 2.22. The Balaban J connectivity index is 1.62. The van der Waals surface area contributed by atoms with Gasteiger partial charge in [0, 0.05) is 5.69 Å². The van der Waals surface area contributed by atoms with Crippen LogP contribution in [0.1, 0.15) is 22.3 Å². The molecule has 1 N–H and O–H groups in total. The fourth-order valence-corrected chi connectivity index (χ4v) is 3.60. The first-order valence-corrected chi connectivity index (χ1v) is 9.59. The fraction of sp³-hybridized carbons (Fsp3) is 0.227. The van der Waals surface area contributed by atoms with Crippen LogP contribution < -0.4 is 10.9 Å². The molecule has 0 atom stereocenters. The Hall–Kier alpha value is -3.81. The van der Waals surface area contributed by atoms with Crippen molar-refractivity contribution in [1.82, 2.24) is 24.5 Å². The summed E-state index contributed by atoms with van der Waals surface area (Å²) in [6, 6.07) is 11.7. The van der Waals surface area contributed by atoms with E-state index in [1.54, 1.807) is 0 Å². The highest BCUT2D eigenvalue weighted by Gasteiger charge is 2.16. The number of carbonyl (C=O) groups is 1. The van der Waals surface area contributed by atoms with Crippen LogP contribution in [0.5, 0.6) is 0 Å². The van der Waals surface area contributed by atoms with Gasteiger partial charge < -0.3 is 5.32 Å². The number of nitrogens with zero attached hydrogens (tertiary/aromatic N) is 5. The van der Waals surface area contributed by atoms with Crippen molar-refractivity contribution in [2.24, 2.45) is 0 Å². The molecule has 4 rings (SSSR count). The van der Waals surface area contributed by atoms with Crippen LogP contribution in [0.3, 0.4) is 0 Å². The summed E-state index contributed by atoms with van der Waals surface area (Å²) in [7, 11) is 0. The Morgan fingerprint density at radius 1 is 1.03 bits per heavy atom. The molecule has 0 spiro atoms. The molecule has 0 saturated heterocycles. The number of anilines is 1. The van der Waals surface area contributed by atoms with E-state index in [4.69, 9.17) is 0 Å². The first-order chi connectivity index (χ1) is 14.3. The van der Waals surface area contributed by atoms with Crippen LogP contribution in [-0.4, -0.2) is 30.5 Å². The van der Waals surface area contributed by atoms with E-state index in [0.717, 1.165) is 33.6 Å². The van der Waals surface area contributed by atoms with Crippen LogP contribution >= 0.6 is 0 Å². The zero-order chi connectivity index (χ0) is 21.4. The van der Waals surface area contributed by atoms with E-state index in [-0.39, 0.29) is 18.0 Å². The van der Waals surface area contributed by atoms with Gasteiger partial charge in [0.05, 0.1) is 5.69 Å². The molecule has 0 radical (unpaired) electrons. The van der Waals surface area contributed by atoms with Gasteiger partial charge >= 0.3 is 0 Å². The Morgan fingerprint density at radius 2 is 1.77 bits per heavy atom. The van der Waals surface area contributed by atoms with E-state index in [2.05, 4.69) is 20.6 Å². The number of aryl methyl sites for hydroxylation is 4. The standard InChI is InChI=1S/C22H22N6O2/c1-13-6-5-7-17(10-13)28-21-20(25-26-28)22(30)27(12-23-21)11-18(29)24-19-15(3)8-14(2)9-16(19)4/h5-10,12H,11H2,1-4H3,(H,24,29). The van der Waals surface area contributed by atoms with Crippen molar-refractivity contribution < 1.29 is 4.79 Å². The van der Waals surface area contributed by atoms with E-state index in [0.29, 0.717) is 5.65 Å². The smallest absolute Gasteiger partial charge is 0.284 e. The van der Waals surface area contributed by atoms with E-state index in [9.17, 15) is 9.59 Å². The number of hydrogen-bond donors (Lipinski definition) is 1. The van der Waals surface area contributed by atoms with Gasteiger partial charge in [-0.2, -0.15) is 4.68 Å². The molecule has 8 nitrogen and oxygen atoms in total. The summed E-state index contributed by atoms with van der Waals surface area (Å²) in [6.07, 6.45) is 1.36. The predicted octanol–water partition coefficient (Wildman–Crippen LogP) is 2.85. The van der Waals surface area contributed by atoms with E-state index in [1.165, 1.54) is 15.6 Å². The average Bonchev–Trinajstić information content (AvgIpc) is 3.12. The largest absolute Gasteiger partial charge is 0.324 e. The lowest BCUT2D eigenvalue weighted by atomic mass is 10.1. The molecule has 8 heteroatoms.